The Hall–Kier alpha value is -3.59. The van der Waals surface area contributed by atoms with Gasteiger partial charge in [0.1, 0.15) is 0 Å². The summed E-state index contributed by atoms with van der Waals surface area (Å²) in [7, 11) is 1.63. The molecular weight excluding hydrogens is 432 g/mol. The number of hydrogen-bond acceptors (Lipinski definition) is 6. The smallest absolute Gasteiger partial charge is 0.332 e. The van der Waals surface area contributed by atoms with Crippen molar-refractivity contribution in [2.75, 3.05) is 18.0 Å². The van der Waals surface area contributed by atoms with Gasteiger partial charge in [-0.1, -0.05) is 42.0 Å². The molecule has 0 saturated carbocycles. The third-order valence-electron chi connectivity index (χ3n) is 6.72. The SMILES string of the molecule is CC(C)=CCn1c(N2CCC3CNC=C32)nc2c1c(=O)n(CC(O)c1ccccc1)c(=O)n2C. The van der Waals surface area contributed by atoms with Gasteiger partial charge >= 0.3 is 5.69 Å². The summed E-state index contributed by atoms with van der Waals surface area (Å²) in [5, 5.41) is 14.1. The largest absolute Gasteiger partial charge is 0.389 e. The molecule has 2 aromatic heterocycles. The molecule has 1 saturated heterocycles. The Morgan fingerprint density at radius 1 is 1.24 bits per heavy atom. The molecule has 178 valence electrons. The van der Waals surface area contributed by atoms with Gasteiger partial charge in [0, 0.05) is 44.5 Å². The van der Waals surface area contributed by atoms with Crippen LogP contribution in [0.3, 0.4) is 0 Å². The van der Waals surface area contributed by atoms with Crippen LogP contribution in [0.25, 0.3) is 11.2 Å². The van der Waals surface area contributed by atoms with Gasteiger partial charge in [0.15, 0.2) is 11.2 Å². The lowest BCUT2D eigenvalue weighted by atomic mass is 10.1. The second kappa shape index (κ2) is 8.64. The fraction of sp³-hybridized carbons (Fsp3) is 0.400. The van der Waals surface area contributed by atoms with E-state index in [1.807, 2.05) is 48.9 Å². The van der Waals surface area contributed by atoms with Gasteiger partial charge in [0.25, 0.3) is 5.56 Å². The van der Waals surface area contributed by atoms with Crippen molar-refractivity contribution in [3.63, 3.8) is 0 Å². The lowest BCUT2D eigenvalue weighted by molar-refractivity contribution is 0.153. The van der Waals surface area contributed by atoms with Gasteiger partial charge in [-0.05, 0) is 25.8 Å². The fourth-order valence-electron chi connectivity index (χ4n) is 4.83. The number of aliphatic hydroxyl groups excluding tert-OH is 1. The van der Waals surface area contributed by atoms with E-state index in [2.05, 4.69) is 10.2 Å². The second-order valence-corrected chi connectivity index (χ2v) is 9.27. The molecule has 9 heteroatoms. The average molecular weight is 463 g/mol. The number of anilines is 1. The van der Waals surface area contributed by atoms with Crippen LogP contribution in [-0.2, 0) is 20.1 Å². The topological polar surface area (TPSA) is 97.3 Å². The first-order valence-electron chi connectivity index (χ1n) is 11.6. The summed E-state index contributed by atoms with van der Waals surface area (Å²) in [4.78, 5) is 33.8. The van der Waals surface area contributed by atoms with Gasteiger partial charge in [-0.3, -0.25) is 13.9 Å². The number of hydrogen-bond donors (Lipinski definition) is 2. The van der Waals surface area contributed by atoms with Crippen LogP contribution in [0, 0.1) is 5.92 Å². The average Bonchev–Trinajstić information content (AvgIpc) is 3.54. The quantitative estimate of drug-likeness (QED) is 0.543. The summed E-state index contributed by atoms with van der Waals surface area (Å²) in [6.45, 7) is 6.07. The standard InChI is InChI=1S/C25H30N6O3/c1-16(2)9-11-30-21-22(27-24(30)29-12-10-18-13-26-14-19(18)29)28(3)25(34)31(23(21)33)15-20(32)17-7-5-4-6-8-17/h4-9,14,18,20,26,32H,10-13,15H2,1-3H3. The minimum Gasteiger partial charge on any atom is -0.389 e. The number of benzene rings is 1. The number of nitrogens with zero attached hydrogens (tertiary/aromatic N) is 5. The van der Waals surface area contributed by atoms with Crippen LogP contribution in [0.15, 0.2) is 63.5 Å². The predicted octanol–water partition coefficient (Wildman–Crippen LogP) is 1.87. The van der Waals surface area contributed by atoms with Crippen molar-refractivity contribution in [2.24, 2.45) is 13.0 Å². The van der Waals surface area contributed by atoms with Crippen LogP contribution < -0.4 is 21.5 Å². The van der Waals surface area contributed by atoms with E-state index in [1.54, 1.807) is 19.2 Å². The Bertz CT molecular complexity index is 1410. The zero-order chi connectivity index (χ0) is 24.0. The minimum atomic E-state index is -0.980. The van der Waals surface area contributed by atoms with E-state index in [-0.39, 0.29) is 6.54 Å². The molecule has 0 amide bonds. The highest BCUT2D eigenvalue weighted by Crippen LogP contribution is 2.35. The Morgan fingerprint density at radius 3 is 2.74 bits per heavy atom. The second-order valence-electron chi connectivity index (χ2n) is 9.27. The van der Waals surface area contributed by atoms with Gasteiger partial charge in [-0.15, -0.1) is 0 Å². The maximum Gasteiger partial charge on any atom is 0.332 e. The highest BCUT2D eigenvalue weighted by molar-refractivity contribution is 5.75. The van der Waals surface area contributed by atoms with Crippen LogP contribution in [0.1, 0.15) is 31.9 Å². The molecule has 1 fully saturated rings. The molecule has 2 aliphatic heterocycles. The van der Waals surface area contributed by atoms with Crippen molar-refractivity contribution in [1.82, 2.24) is 24.0 Å². The number of rotatable bonds is 6. The van der Waals surface area contributed by atoms with Gasteiger partial charge in [0.2, 0.25) is 5.95 Å². The maximum atomic E-state index is 13.7. The number of fused-ring (bicyclic) bond motifs is 2. The molecule has 0 bridgehead atoms. The van der Waals surface area contributed by atoms with E-state index in [1.165, 1.54) is 10.3 Å². The summed E-state index contributed by atoms with van der Waals surface area (Å²) < 4.78 is 4.43. The first-order valence-corrected chi connectivity index (χ1v) is 11.6. The molecule has 34 heavy (non-hydrogen) atoms. The normalized spacial score (nSPS) is 18.1. The molecule has 0 spiro atoms. The lowest BCUT2D eigenvalue weighted by Gasteiger charge is -2.20. The molecule has 3 aromatic rings. The molecule has 2 N–H and O–H groups in total. The van der Waals surface area contributed by atoms with E-state index in [9.17, 15) is 14.7 Å². The van der Waals surface area contributed by atoms with E-state index in [0.29, 0.717) is 35.1 Å². The van der Waals surface area contributed by atoms with Crippen LogP contribution in [0.2, 0.25) is 0 Å². The number of imidazole rings is 1. The van der Waals surface area contributed by atoms with Crippen molar-refractivity contribution in [2.45, 2.75) is 39.5 Å². The van der Waals surface area contributed by atoms with Crippen molar-refractivity contribution < 1.29 is 5.11 Å². The van der Waals surface area contributed by atoms with Crippen LogP contribution >= 0.6 is 0 Å². The number of nitrogens with one attached hydrogen (secondary N) is 1. The first kappa shape index (κ1) is 22.2. The van der Waals surface area contributed by atoms with Crippen molar-refractivity contribution in [3.05, 3.63) is 80.3 Å². The Balaban J connectivity index is 1.68. The van der Waals surface area contributed by atoms with Crippen molar-refractivity contribution in [3.8, 4) is 0 Å². The minimum absolute atomic E-state index is 0.129. The van der Waals surface area contributed by atoms with Crippen molar-refractivity contribution >= 4 is 17.1 Å². The molecule has 9 nitrogen and oxygen atoms in total. The lowest BCUT2D eigenvalue weighted by Crippen LogP contribution is -2.41. The Kier molecular flexibility index (Phi) is 5.65. The Labute approximate surface area is 197 Å². The number of aliphatic hydroxyl groups is 1. The molecule has 2 unspecified atom stereocenters. The fourth-order valence-corrected chi connectivity index (χ4v) is 4.83. The highest BCUT2D eigenvalue weighted by Gasteiger charge is 2.35. The molecule has 5 rings (SSSR count). The van der Waals surface area contributed by atoms with Crippen LogP contribution in [0.5, 0.6) is 0 Å². The zero-order valence-corrected chi connectivity index (χ0v) is 19.7. The number of allylic oxidation sites excluding steroid dienone is 2. The monoisotopic (exact) mass is 462 g/mol. The third-order valence-corrected chi connectivity index (χ3v) is 6.72. The summed E-state index contributed by atoms with van der Waals surface area (Å²) >= 11 is 0. The molecule has 2 aliphatic rings. The number of aromatic nitrogens is 4. The van der Waals surface area contributed by atoms with E-state index >= 15 is 0 Å². The van der Waals surface area contributed by atoms with Gasteiger partial charge in [-0.2, -0.15) is 4.98 Å². The first-order chi connectivity index (χ1) is 16.4. The summed E-state index contributed by atoms with van der Waals surface area (Å²) in [6, 6.07) is 9.06. The van der Waals surface area contributed by atoms with E-state index in [4.69, 9.17) is 4.98 Å². The molecule has 0 radical (unpaired) electrons. The summed E-state index contributed by atoms with van der Waals surface area (Å²) in [5.74, 6) is 1.09. The highest BCUT2D eigenvalue weighted by atomic mass is 16.3. The van der Waals surface area contributed by atoms with Gasteiger partial charge < -0.3 is 19.9 Å². The molecule has 1 aromatic carbocycles. The predicted molar refractivity (Wildman–Crippen MR) is 132 cm³/mol. The number of aryl methyl sites for hydroxylation is 1. The summed E-state index contributed by atoms with van der Waals surface area (Å²) in [5.41, 5.74) is 2.73. The Morgan fingerprint density at radius 2 is 2.00 bits per heavy atom. The third kappa shape index (κ3) is 3.66. The maximum absolute atomic E-state index is 13.7. The van der Waals surface area contributed by atoms with Crippen LogP contribution in [0.4, 0.5) is 5.95 Å². The van der Waals surface area contributed by atoms with Crippen LogP contribution in [-0.4, -0.2) is 36.9 Å². The molecule has 4 heterocycles. The molecule has 2 atom stereocenters. The zero-order valence-electron chi connectivity index (χ0n) is 19.7. The van der Waals surface area contributed by atoms with E-state index in [0.717, 1.165) is 29.7 Å². The van der Waals surface area contributed by atoms with Gasteiger partial charge in [0.05, 0.1) is 12.6 Å². The summed E-state index contributed by atoms with van der Waals surface area (Å²) in [6.07, 6.45) is 4.10. The van der Waals surface area contributed by atoms with Gasteiger partial charge in [-0.25, -0.2) is 4.79 Å². The van der Waals surface area contributed by atoms with E-state index < -0.39 is 17.4 Å². The molecule has 0 aliphatic carbocycles. The molecular formula is C25H30N6O3. The van der Waals surface area contributed by atoms with Crippen molar-refractivity contribution in [1.29, 1.82) is 0 Å².